The molecule has 2 unspecified atom stereocenters. The van der Waals surface area contributed by atoms with Crippen LogP contribution in [0.2, 0.25) is 0 Å². The van der Waals surface area contributed by atoms with Crippen LogP contribution in [0.15, 0.2) is 48.5 Å². The second kappa shape index (κ2) is 9.11. The predicted molar refractivity (Wildman–Crippen MR) is 106 cm³/mol. The summed E-state index contributed by atoms with van der Waals surface area (Å²) in [7, 11) is 1.97. The Balaban J connectivity index is 1.45. The maximum Gasteiger partial charge on any atom is 0.161 e. The molecular formula is C22H29NO4. The molecule has 1 aliphatic rings. The number of hydrogen-bond donors (Lipinski definition) is 1. The van der Waals surface area contributed by atoms with Crippen LogP contribution < -0.4 is 14.2 Å². The lowest BCUT2D eigenvalue weighted by Gasteiger charge is -2.30. The van der Waals surface area contributed by atoms with E-state index in [2.05, 4.69) is 19.9 Å². The van der Waals surface area contributed by atoms with Gasteiger partial charge < -0.3 is 19.3 Å². The molecule has 1 aliphatic heterocycles. The van der Waals surface area contributed by atoms with Gasteiger partial charge in [-0.15, -0.1) is 0 Å². The molecule has 0 amide bonds. The molecule has 0 saturated heterocycles. The largest absolute Gasteiger partial charge is 0.491 e. The summed E-state index contributed by atoms with van der Waals surface area (Å²) in [5.41, 5.74) is 1.16. The summed E-state index contributed by atoms with van der Waals surface area (Å²) in [5, 5.41) is 10.4. The highest BCUT2D eigenvalue weighted by molar-refractivity contribution is 5.40. The SMILES string of the molecule is CC(C)c1ccccc1OCC(O)CN(C)CC1COc2ccccc2O1. The van der Waals surface area contributed by atoms with Gasteiger partial charge in [0.05, 0.1) is 0 Å². The molecule has 146 valence electrons. The summed E-state index contributed by atoms with van der Waals surface area (Å²) in [6.07, 6.45) is -0.633. The molecule has 2 atom stereocenters. The minimum atomic E-state index is -0.577. The lowest BCUT2D eigenvalue weighted by atomic mass is 10.0. The van der Waals surface area contributed by atoms with Crippen molar-refractivity contribution in [2.24, 2.45) is 0 Å². The predicted octanol–water partition coefficient (Wildman–Crippen LogP) is 3.32. The van der Waals surface area contributed by atoms with Gasteiger partial charge >= 0.3 is 0 Å². The maximum atomic E-state index is 10.4. The average Bonchev–Trinajstić information content (AvgIpc) is 2.66. The second-order valence-electron chi connectivity index (χ2n) is 7.38. The number of benzene rings is 2. The smallest absolute Gasteiger partial charge is 0.161 e. The minimum Gasteiger partial charge on any atom is -0.491 e. The van der Waals surface area contributed by atoms with E-state index in [0.29, 0.717) is 25.6 Å². The summed E-state index contributed by atoms with van der Waals surface area (Å²) < 4.78 is 17.6. The monoisotopic (exact) mass is 371 g/mol. The third kappa shape index (κ3) is 5.37. The van der Waals surface area contributed by atoms with Gasteiger partial charge in [0.15, 0.2) is 11.5 Å². The first-order valence-corrected chi connectivity index (χ1v) is 9.49. The van der Waals surface area contributed by atoms with E-state index in [9.17, 15) is 5.11 Å². The average molecular weight is 371 g/mol. The first-order valence-electron chi connectivity index (χ1n) is 9.49. The van der Waals surface area contributed by atoms with Gasteiger partial charge in [-0.3, -0.25) is 4.90 Å². The Bertz CT molecular complexity index is 734. The van der Waals surface area contributed by atoms with Crippen molar-refractivity contribution in [2.75, 3.05) is 33.4 Å². The topological polar surface area (TPSA) is 51.2 Å². The highest BCUT2D eigenvalue weighted by Gasteiger charge is 2.23. The third-order valence-electron chi connectivity index (χ3n) is 4.58. The van der Waals surface area contributed by atoms with Crippen molar-refractivity contribution in [2.45, 2.75) is 32.0 Å². The lowest BCUT2D eigenvalue weighted by molar-refractivity contribution is 0.0372. The van der Waals surface area contributed by atoms with E-state index in [4.69, 9.17) is 14.2 Å². The normalized spacial score (nSPS) is 17.2. The molecule has 1 N–H and O–H groups in total. The molecule has 5 nitrogen and oxygen atoms in total. The number of rotatable bonds is 8. The van der Waals surface area contributed by atoms with Crippen molar-refractivity contribution < 1.29 is 19.3 Å². The van der Waals surface area contributed by atoms with Crippen LogP contribution in [0.3, 0.4) is 0 Å². The number of para-hydroxylation sites is 3. The number of aliphatic hydroxyl groups is 1. The van der Waals surface area contributed by atoms with E-state index < -0.39 is 6.10 Å². The zero-order valence-corrected chi connectivity index (χ0v) is 16.3. The molecule has 0 aromatic heterocycles. The second-order valence-corrected chi connectivity index (χ2v) is 7.38. The Morgan fingerprint density at radius 2 is 1.81 bits per heavy atom. The summed E-state index contributed by atoms with van der Waals surface area (Å²) in [6.45, 7) is 6.22. The van der Waals surface area contributed by atoms with Crippen molar-refractivity contribution in [3.05, 3.63) is 54.1 Å². The van der Waals surface area contributed by atoms with Gasteiger partial charge in [-0.25, -0.2) is 0 Å². The van der Waals surface area contributed by atoms with E-state index in [0.717, 1.165) is 22.8 Å². The molecule has 27 heavy (non-hydrogen) atoms. The molecule has 0 fully saturated rings. The van der Waals surface area contributed by atoms with Crippen LogP contribution in [0, 0.1) is 0 Å². The molecule has 0 radical (unpaired) electrons. The Kier molecular flexibility index (Phi) is 6.58. The minimum absolute atomic E-state index is 0.0558. The molecule has 0 spiro atoms. The van der Waals surface area contributed by atoms with E-state index in [1.54, 1.807) is 0 Å². The van der Waals surface area contributed by atoms with Crippen molar-refractivity contribution in [3.63, 3.8) is 0 Å². The lowest BCUT2D eigenvalue weighted by Crippen LogP contribution is -2.42. The summed E-state index contributed by atoms with van der Waals surface area (Å²) >= 11 is 0. The Hall–Kier alpha value is -2.24. The first-order chi connectivity index (χ1) is 13.0. The van der Waals surface area contributed by atoms with Gasteiger partial charge in [-0.05, 0) is 36.7 Å². The van der Waals surface area contributed by atoms with Gasteiger partial charge in [-0.1, -0.05) is 44.2 Å². The number of likely N-dealkylation sites (N-methyl/N-ethyl adjacent to an activating group) is 1. The summed E-state index contributed by atoms with van der Waals surface area (Å²) in [5.74, 6) is 2.78. The van der Waals surface area contributed by atoms with E-state index >= 15 is 0 Å². The van der Waals surface area contributed by atoms with Crippen LogP contribution in [0.4, 0.5) is 0 Å². The Morgan fingerprint density at radius 3 is 2.59 bits per heavy atom. The fourth-order valence-corrected chi connectivity index (χ4v) is 3.26. The Morgan fingerprint density at radius 1 is 1.11 bits per heavy atom. The summed E-state index contributed by atoms with van der Waals surface area (Å²) in [6, 6.07) is 15.7. The number of nitrogens with zero attached hydrogens (tertiary/aromatic N) is 1. The highest BCUT2D eigenvalue weighted by atomic mass is 16.6. The standard InChI is InChI=1S/C22H29NO4/c1-16(2)19-8-4-5-9-20(19)25-14-17(24)12-23(3)13-18-15-26-21-10-6-7-11-22(21)27-18/h4-11,16-18,24H,12-15H2,1-3H3. The highest BCUT2D eigenvalue weighted by Crippen LogP contribution is 2.31. The first kappa shape index (κ1) is 19.5. The number of ether oxygens (including phenoxy) is 3. The zero-order valence-electron chi connectivity index (χ0n) is 16.3. The number of hydrogen-bond acceptors (Lipinski definition) is 5. The molecule has 2 aromatic carbocycles. The molecule has 0 bridgehead atoms. The molecule has 5 heteroatoms. The third-order valence-corrected chi connectivity index (χ3v) is 4.58. The quantitative estimate of drug-likeness (QED) is 0.771. The van der Waals surface area contributed by atoms with Crippen LogP contribution in [-0.2, 0) is 0 Å². The van der Waals surface area contributed by atoms with Gasteiger partial charge in [0.25, 0.3) is 0 Å². The van der Waals surface area contributed by atoms with Gasteiger partial charge in [0.1, 0.15) is 31.2 Å². The van der Waals surface area contributed by atoms with Crippen LogP contribution >= 0.6 is 0 Å². The van der Waals surface area contributed by atoms with Crippen molar-refractivity contribution in [1.82, 2.24) is 4.90 Å². The molecule has 2 aromatic rings. The van der Waals surface area contributed by atoms with Gasteiger partial charge in [0.2, 0.25) is 0 Å². The van der Waals surface area contributed by atoms with Crippen LogP contribution in [0.25, 0.3) is 0 Å². The van der Waals surface area contributed by atoms with E-state index in [1.165, 1.54) is 0 Å². The van der Waals surface area contributed by atoms with Crippen molar-refractivity contribution in [1.29, 1.82) is 0 Å². The van der Waals surface area contributed by atoms with Crippen molar-refractivity contribution in [3.8, 4) is 17.2 Å². The van der Waals surface area contributed by atoms with Gasteiger partial charge in [-0.2, -0.15) is 0 Å². The fraction of sp³-hybridized carbons (Fsp3) is 0.455. The fourth-order valence-electron chi connectivity index (χ4n) is 3.26. The molecule has 0 saturated carbocycles. The van der Waals surface area contributed by atoms with Crippen molar-refractivity contribution >= 4 is 0 Å². The Labute approximate surface area is 161 Å². The van der Waals surface area contributed by atoms with E-state index in [1.807, 2.05) is 54.4 Å². The number of fused-ring (bicyclic) bond motifs is 1. The van der Waals surface area contributed by atoms with Gasteiger partial charge in [0, 0.05) is 13.1 Å². The summed E-state index contributed by atoms with van der Waals surface area (Å²) in [4.78, 5) is 2.05. The van der Waals surface area contributed by atoms with Crippen LogP contribution in [0.5, 0.6) is 17.2 Å². The number of aliphatic hydroxyl groups excluding tert-OH is 1. The maximum absolute atomic E-state index is 10.4. The molecule has 1 heterocycles. The zero-order chi connectivity index (χ0) is 19.2. The van der Waals surface area contributed by atoms with Crippen LogP contribution in [0.1, 0.15) is 25.3 Å². The van der Waals surface area contributed by atoms with E-state index in [-0.39, 0.29) is 12.7 Å². The molecular weight excluding hydrogens is 342 g/mol. The molecule has 0 aliphatic carbocycles. The molecule has 3 rings (SSSR count). The van der Waals surface area contributed by atoms with Crippen LogP contribution in [-0.4, -0.2) is 55.6 Å².